The smallest absolute Gasteiger partial charge is 0.201 e. The van der Waals surface area contributed by atoms with Crippen LogP contribution in [-0.4, -0.2) is 44.1 Å². The summed E-state index contributed by atoms with van der Waals surface area (Å²) in [7, 11) is 6.78. The Morgan fingerprint density at radius 1 is 1.11 bits per heavy atom. The van der Waals surface area contributed by atoms with Gasteiger partial charge in [-0.25, -0.2) is 0 Å². The number of carbonyl (C=O) groups excluding carboxylic acids is 1. The minimum absolute atomic E-state index is 0.0538. The summed E-state index contributed by atoms with van der Waals surface area (Å²) in [6.07, 6.45) is 3.51. The number of methoxy groups -OCH3 is 2. The number of nitrogens with zero attached hydrogens (tertiary/aromatic N) is 1. The molecular formula is C21H21NO5. The Morgan fingerprint density at radius 3 is 2.56 bits per heavy atom. The number of ketones is 1. The summed E-state index contributed by atoms with van der Waals surface area (Å²) in [5.74, 6) is 1.14. The number of furan rings is 1. The molecule has 0 unspecified atom stereocenters. The molecule has 0 atom stereocenters. The molecule has 1 N–H and O–H groups in total. The molecule has 0 saturated carbocycles. The van der Waals surface area contributed by atoms with Crippen LogP contribution >= 0.6 is 0 Å². The van der Waals surface area contributed by atoms with Gasteiger partial charge in [-0.2, -0.15) is 0 Å². The SMILES string of the molecule is COc1ccc(OC)c(C(=O)c2c(/C=C\N(C)C)oc3ccc(O)cc23)c1. The average molecular weight is 367 g/mol. The molecule has 140 valence electrons. The van der Waals surface area contributed by atoms with Gasteiger partial charge in [0.15, 0.2) is 0 Å². The Balaban J connectivity index is 2.24. The van der Waals surface area contributed by atoms with E-state index in [1.807, 2.05) is 19.0 Å². The number of carbonyl (C=O) groups is 1. The number of benzene rings is 2. The maximum Gasteiger partial charge on any atom is 0.201 e. The van der Waals surface area contributed by atoms with Crippen LogP contribution in [-0.2, 0) is 0 Å². The lowest BCUT2D eigenvalue weighted by Crippen LogP contribution is -2.06. The fourth-order valence-corrected chi connectivity index (χ4v) is 2.80. The molecular weight excluding hydrogens is 346 g/mol. The molecule has 1 aromatic heterocycles. The summed E-state index contributed by atoms with van der Waals surface area (Å²) in [4.78, 5) is 15.3. The first kappa shape index (κ1) is 18.4. The Kier molecular flexibility index (Phi) is 5.07. The molecule has 0 bridgehead atoms. The predicted octanol–water partition coefficient (Wildman–Crippen LogP) is 3.92. The number of phenols is 1. The van der Waals surface area contributed by atoms with Crippen LogP contribution in [0, 0.1) is 0 Å². The van der Waals surface area contributed by atoms with Crippen LogP contribution in [0.2, 0.25) is 0 Å². The number of ether oxygens (including phenoxy) is 2. The van der Waals surface area contributed by atoms with E-state index < -0.39 is 0 Å². The van der Waals surface area contributed by atoms with Gasteiger partial charge in [0, 0.05) is 25.7 Å². The zero-order chi connectivity index (χ0) is 19.6. The molecule has 27 heavy (non-hydrogen) atoms. The third-order valence-corrected chi connectivity index (χ3v) is 4.10. The van der Waals surface area contributed by atoms with Crippen LogP contribution in [0.25, 0.3) is 17.0 Å². The highest BCUT2D eigenvalue weighted by atomic mass is 16.5. The highest BCUT2D eigenvalue weighted by Gasteiger charge is 2.24. The summed E-state index contributed by atoms with van der Waals surface area (Å²) >= 11 is 0. The third kappa shape index (κ3) is 3.60. The van der Waals surface area contributed by atoms with Crippen molar-refractivity contribution in [2.75, 3.05) is 28.3 Å². The lowest BCUT2D eigenvalue weighted by Gasteiger charge is -2.10. The van der Waals surface area contributed by atoms with Crippen molar-refractivity contribution in [3.8, 4) is 17.2 Å². The molecule has 0 aliphatic carbocycles. The van der Waals surface area contributed by atoms with E-state index in [4.69, 9.17) is 13.9 Å². The number of aromatic hydroxyl groups is 1. The molecule has 6 heteroatoms. The van der Waals surface area contributed by atoms with E-state index in [0.717, 1.165) is 0 Å². The van der Waals surface area contributed by atoms with Crippen LogP contribution < -0.4 is 9.47 Å². The average Bonchev–Trinajstić information content (AvgIpc) is 3.02. The normalized spacial score (nSPS) is 11.1. The van der Waals surface area contributed by atoms with Gasteiger partial charge < -0.3 is 23.9 Å². The van der Waals surface area contributed by atoms with Gasteiger partial charge in [0.2, 0.25) is 5.78 Å². The van der Waals surface area contributed by atoms with Crippen molar-refractivity contribution in [2.45, 2.75) is 0 Å². The van der Waals surface area contributed by atoms with E-state index in [0.29, 0.717) is 39.4 Å². The van der Waals surface area contributed by atoms with Crippen LogP contribution in [0.3, 0.4) is 0 Å². The number of rotatable bonds is 6. The van der Waals surface area contributed by atoms with Crippen molar-refractivity contribution in [2.24, 2.45) is 0 Å². The largest absolute Gasteiger partial charge is 0.508 e. The standard InChI is InChI=1S/C21H21NO5/c1-22(2)10-9-19-20(15-11-13(23)5-7-18(15)27-19)21(24)16-12-14(25-3)6-8-17(16)26-4/h5-12,23H,1-4H3/b10-9-. The van der Waals surface area contributed by atoms with Gasteiger partial charge in [-0.3, -0.25) is 4.79 Å². The maximum atomic E-state index is 13.4. The van der Waals surface area contributed by atoms with Gasteiger partial charge >= 0.3 is 0 Å². The Bertz CT molecular complexity index is 1020. The molecule has 1 heterocycles. The van der Waals surface area contributed by atoms with E-state index in [9.17, 15) is 9.90 Å². The molecule has 3 rings (SSSR count). The van der Waals surface area contributed by atoms with Crippen molar-refractivity contribution in [3.63, 3.8) is 0 Å². The quantitative estimate of drug-likeness (QED) is 0.666. The first-order valence-corrected chi connectivity index (χ1v) is 8.31. The topological polar surface area (TPSA) is 72.1 Å². The van der Waals surface area contributed by atoms with Gasteiger partial charge in [-0.15, -0.1) is 0 Å². The van der Waals surface area contributed by atoms with E-state index in [-0.39, 0.29) is 11.5 Å². The number of hydrogen-bond acceptors (Lipinski definition) is 6. The molecule has 0 aliphatic rings. The highest BCUT2D eigenvalue weighted by Crippen LogP contribution is 2.34. The predicted molar refractivity (Wildman–Crippen MR) is 104 cm³/mol. The zero-order valence-electron chi connectivity index (χ0n) is 15.6. The molecule has 0 fully saturated rings. The lowest BCUT2D eigenvalue weighted by atomic mass is 9.98. The zero-order valence-corrected chi connectivity index (χ0v) is 15.6. The van der Waals surface area contributed by atoms with Gasteiger partial charge in [0.25, 0.3) is 0 Å². The molecule has 6 nitrogen and oxygen atoms in total. The minimum Gasteiger partial charge on any atom is -0.508 e. The molecule has 3 aromatic rings. The second-order valence-electron chi connectivity index (χ2n) is 6.20. The Hall–Kier alpha value is -3.41. The van der Waals surface area contributed by atoms with E-state index >= 15 is 0 Å². The molecule has 0 radical (unpaired) electrons. The van der Waals surface area contributed by atoms with Crippen molar-refractivity contribution in [1.82, 2.24) is 4.90 Å². The molecule has 0 aliphatic heterocycles. The van der Waals surface area contributed by atoms with Crippen molar-refractivity contribution in [1.29, 1.82) is 0 Å². The fraction of sp³-hybridized carbons (Fsp3) is 0.190. The van der Waals surface area contributed by atoms with Crippen LogP contribution in [0.5, 0.6) is 17.2 Å². The second-order valence-corrected chi connectivity index (χ2v) is 6.20. The first-order chi connectivity index (χ1) is 12.9. The third-order valence-electron chi connectivity index (χ3n) is 4.10. The number of hydrogen-bond donors (Lipinski definition) is 1. The monoisotopic (exact) mass is 367 g/mol. The highest BCUT2D eigenvalue weighted by molar-refractivity contribution is 6.19. The van der Waals surface area contributed by atoms with E-state index in [2.05, 4.69) is 0 Å². The van der Waals surface area contributed by atoms with Gasteiger partial charge in [0.05, 0.1) is 25.3 Å². The number of fused-ring (bicyclic) bond motifs is 1. The van der Waals surface area contributed by atoms with Gasteiger partial charge in [0.1, 0.15) is 28.6 Å². The Labute approximate surface area is 157 Å². The fourth-order valence-electron chi connectivity index (χ4n) is 2.80. The van der Waals surface area contributed by atoms with Crippen LogP contribution in [0.4, 0.5) is 0 Å². The molecule has 0 amide bonds. The summed E-state index contributed by atoms with van der Waals surface area (Å²) in [6, 6.07) is 9.71. The molecule has 0 spiro atoms. The van der Waals surface area contributed by atoms with Crippen LogP contribution in [0.15, 0.2) is 47.0 Å². The van der Waals surface area contributed by atoms with Crippen molar-refractivity contribution < 1.29 is 23.8 Å². The number of phenolic OH excluding ortho intramolecular Hbond substituents is 1. The summed E-state index contributed by atoms with van der Waals surface area (Å²) in [5.41, 5.74) is 1.21. The molecule has 2 aromatic carbocycles. The second kappa shape index (κ2) is 7.45. The minimum atomic E-state index is -0.284. The Morgan fingerprint density at radius 2 is 1.89 bits per heavy atom. The van der Waals surface area contributed by atoms with Gasteiger partial charge in [-0.05, 0) is 42.5 Å². The lowest BCUT2D eigenvalue weighted by molar-refractivity contribution is 0.103. The maximum absolute atomic E-state index is 13.4. The summed E-state index contributed by atoms with van der Waals surface area (Å²) in [5, 5.41) is 10.4. The van der Waals surface area contributed by atoms with Crippen molar-refractivity contribution in [3.05, 3.63) is 59.5 Å². The first-order valence-electron chi connectivity index (χ1n) is 8.31. The summed E-state index contributed by atoms with van der Waals surface area (Å²) in [6.45, 7) is 0. The summed E-state index contributed by atoms with van der Waals surface area (Å²) < 4.78 is 16.5. The van der Waals surface area contributed by atoms with E-state index in [1.165, 1.54) is 26.4 Å². The van der Waals surface area contributed by atoms with E-state index in [1.54, 1.807) is 36.5 Å². The van der Waals surface area contributed by atoms with Gasteiger partial charge in [-0.1, -0.05) is 0 Å². The van der Waals surface area contributed by atoms with Crippen molar-refractivity contribution >= 4 is 22.8 Å². The van der Waals surface area contributed by atoms with Crippen LogP contribution in [0.1, 0.15) is 21.7 Å². The molecule has 0 saturated heterocycles.